The Morgan fingerprint density at radius 1 is 1.03 bits per heavy atom. The molecule has 0 amide bonds. The van der Waals surface area contributed by atoms with Crippen molar-refractivity contribution in [1.29, 1.82) is 0 Å². The fourth-order valence-electron chi connectivity index (χ4n) is 4.47. The molecule has 4 nitrogen and oxygen atoms in total. The van der Waals surface area contributed by atoms with E-state index in [9.17, 15) is 13.2 Å². The second-order valence-corrected chi connectivity index (χ2v) is 9.35. The molecule has 0 aliphatic carbocycles. The van der Waals surface area contributed by atoms with E-state index in [1.54, 1.807) is 4.68 Å². The molecule has 1 fully saturated rings. The molecule has 182 valence electrons. The summed E-state index contributed by atoms with van der Waals surface area (Å²) in [4.78, 5) is 2.53. The van der Waals surface area contributed by atoms with Gasteiger partial charge in [0.15, 0.2) is 0 Å². The topological polar surface area (TPSA) is 33.1 Å². The van der Waals surface area contributed by atoms with Gasteiger partial charge >= 0.3 is 6.18 Å². The number of nitrogens with zero attached hydrogens (tertiary/aromatic N) is 3. The minimum atomic E-state index is -4.36. The van der Waals surface area contributed by atoms with E-state index in [2.05, 4.69) is 17.1 Å². The van der Waals surface area contributed by atoms with Crippen LogP contribution in [0.2, 0.25) is 5.02 Å². The van der Waals surface area contributed by atoms with E-state index >= 15 is 0 Å². The maximum absolute atomic E-state index is 13.0. The van der Waals surface area contributed by atoms with Gasteiger partial charge in [0, 0.05) is 28.9 Å². The van der Waals surface area contributed by atoms with Gasteiger partial charge < -0.3 is 10.2 Å². The van der Waals surface area contributed by atoms with Crippen molar-refractivity contribution < 1.29 is 13.2 Å². The third-order valence-corrected chi connectivity index (χ3v) is 6.61. The molecule has 1 aromatic heterocycles. The maximum atomic E-state index is 13.0. The highest BCUT2D eigenvalue weighted by Crippen LogP contribution is 2.30. The minimum Gasteiger partial charge on any atom is -0.312 e. The van der Waals surface area contributed by atoms with Gasteiger partial charge in [-0.25, -0.2) is 4.68 Å². The molecule has 0 radical (unpaired) electrons. The molecule has 8 heteroatoms. The zero-order valence-corrected chi connectivity index (χ0v) is 20.0. The Labute approximate surface area is 203 Å². The average Bonchev–Trinajstić information content (AvgIpc) is 3.24. The van der Waals surface area contributed by atoms with Crippen LogP contribution >= 0.6 is 11.6 Å². The highest BCUT2D eigenvalue weighted by molar-refractivity contribution is 6.30. The summed E-state index contributed by atoms with van der Waals surface area (Å²) in [6, 6.07) is 12.5. The Balaban J connectivity index is 1.49. The highest BCUT2D eigenvalue weighted by atomic mass is 35.5. The van der Waals surface area contributed by atoms with Gasteiger partial charge in [0.2, 0.25) is 0 Å². The lowest BCUT2D eigenvalue weighted by molar-refractivity contribution is -0.137. The molecule has 0 atom stereocenters. The predicted octanol–water partition coefficient (Wildman–Crippen LogP) is 6.42. The largest absolute Gasteiger partial charge is 0.416 e. The van der Waals surface area contributed by atoms with Crippen molar-refractivity contribution >= 4 is 11.6 Å². The van der Waals surface area contributed by atoms with Crippen LogP contribution in [0.4, 0.5) is 13.2 Å². The molecule has 1 aliphatic rings. The van der Waals surface area contributed by atoms with Crippen LogP contribution in [0, 0.1) is 5.92 Å². The average molecular weight is 491 g/mol. The lowest BCUT2D eigenvalue weighted by Gasteiger charge is -2.31. The Morgan fingerprint density at radius 2 is 1.71 bits per heavy atom. The fourth-order valence-corrected chi connectivity index (χ4v) is 4.59. The second-order valence-electron chi connectivity index (χ2n) is 8.91. The number of nitrogens with one attached hydrogen (secondary N) is 1. The fraction of sp³-hybridized carbons (Fsp3) is 0.423. The number of piperidine rings is 1. The van der Waals surface area contributed by atoms with Crippen molar-refractivity contribution in [3.8, 4) is 16.9 Å². The maximum Gasteiger partial charge on any atom is 0.416 e. The summed E-state index contributed by atoms with van der Waals surface area (Å²) in [6.07, 6.45) is 1.12. The lowest BCUT2D eigenvalue weighted by Crippen LogP contribution is -2.37. The Hall–Kier alpha value is -2.35. The third kappa shape index (κ3) is 6.20. The number of halogens is 4. The summed E-state index contributed by atoms with van der Waals surface area (Å²) in [7, 11) is 0. The van der Waals surface area contributed by atoms with E-state index in [4.69, 9.17) is 16.7 Å². The standard InChI is InChI=1S/C26H30ClF3N4/c1-2-13-33-14-11-19(12-15-33)16-31-17-21-18-34(24-9-5-22(6-10-24)26(28,29)30)32-25(21)20-3-7-23(27)8-4-20/h3-10,18-19,31H,2,11-17H2,1H3. The third-order valence-electron chi connectivity index (χ3n) is 6.36. The molecule has 1 N–H and O–H groups in total. The van der Waals surface area contributed by atoms with Crippen LogP contribution in [-0.4, -0.2) is 40.9 Å². The molecule has 1 saturated heterocycles. The van der Waals surface area contributed by atoms with Crippen LogP contribution < -0.4 is 5.32 Å². The van der Waals surface area contributed by atoms with Crippen LogP contribution in [-0.2, 0) is 12.7 Å². The zero-order chi connectivity index (χ0) is 24.1. The quantitative estimate of drug-likeness (QED) is 0.395. The first-order valence-electron chi connectivity index (χ1n) is 11.8. The monoisotopic (exact) mass is 490 g/mol. The molecule has 0 spiro atoms. The number of rotatable bonds is 8. The number of hydrogen-bond donors (Lipinski definition) is 1. The summed E-state index contributed by atoms with van der Waals surface area (Å²) < 4.78 is 40.5. The first kappa shape index (κ1) is 24.8. The Kier molecular flexibility index (Phi) is 7.96. The zero-order valence-electron chi connectivity index (χ0n) is 19.3. The van der Waals surface area contributed by atoms with Gasteiger partial charge in [-0.05, 0) is 87.8 Å². The summed E-state index contributed by atoms with van der Waals surface area (Å²) in [5, 5.41) is 8.94. The van der Waals surface area contributed by atoms with Gasteiger partial charge in [0.1, 0.15) is 0 Å². The molecule has 0 saturated carbocycles. The number of alkyl halides is 3. The molecule has 0 bridgehead atoms. The second kappa shape index (κ2) is 10.9. The molecular weight excluding hydrogens is 461 g/mol. The van der Waals surface area contributed by atoms with Gasteiger partial charge in [-0.3, -0.25) is 0 Å². The summed E-state index contributed by atoms with van der Waals surface area (Å²) in [5.74, 6) is 0.650. The first-order chi connectivity index (χ1) is 16.3. The molecule has 2 aromatic carbocycles. The molecule has 34 heavy (non-hydrogen) atoms. The molecule has 4 rings (SSSR count). The van der Waals surface area contributed by atoms with Crippen molar-refractivity contribution in [2.75, 3.05) is 26.2 Å². The van der Waals surface area contributed by atoms with Gasteiger partial charge in [0.05, 0.1) is 16.9 Å². The van der Waals surface area contributed by atoms with Crippen molar-refractivity contribution in [1.82, 2.24) is 20.0 Å². The normalized spacial score (nSPS) is 15.7. The molecule has 1 aliphatic heterocycles. The van der Waals surface area contributed by atoms with E-state index < -0.39 is 11.7 Å². The van der Waals surface area contributed by atoms with E-state index in [-0.39, 0.29) is 0 Å². The summed E-state index contributed by atoms with van der Waals surface area (Å²) in [6.45, 7) is 7.27. The number of benzene rings is 2. The summed E-state index contributed by atoms with van der Waals surface area (Å²) in [5.41, 5.74) is 2.61. The Morgan fingerprint density at radius 3 is 2.32 bits per heavy atom. The van der Waals surface area contributed by atoms with Crippen molar-refractivity contribution in [3.05, 3.63) is 70.9 Å². The SMILES string of the molecule is CCCN1CCC(CNCc2cn(-c3ccc(C(F)(F)F)cc3)nc2-c2ccc(Cl)cc2)CC1. The van der Waals surface area contributed by atoms with Crippen LogP contribution in [0.5, 0.6) is 0 Å². The van der Waals surface area contributed by atoms with Gasteiger partial charge in [-0.1, -0.05) is 30.7 Å². The highest BCUT2D eigenvalue weighted by Gasteiger charge is 2.30. The number of aromatic nitrogens is 2. The minimum absolute atomic E-state index is 0.581. The number of likely N-dealkylation sites (tertiary alicyclic amines) is 1. The van der Waals surface area contributed by atoms with Crippen LogP contribution in [0.15, 0.2) is 54.7 Å². The van der Waals surface area contributed by atoms with Crippen molar-refractivity contribution in [3.63, 3.8) is 0 Å². The van der Waals surface area contributed by atoms with E-state index in [0.717, 1.165) is 48.6 Å². The summed E-state index contributed by atoms with van der Waals surface area (Å²) >= 11 is 6.06. The van der Waals surface area contributed by atoms with Crippen molar-refractivity contribution in [2.24, 2.45) is 5.92 Å². The first-order valence-corrected chi connectivity index (χ1v) is 12.2. The molecule has 3 aromatic rings. The van der Waals surface area contributed by atoms with E-state index in [1.807, 2.05) is 30.5 Å². The van der Waals surface area contributed by atoms with Crippen molar-refractivity contribution in [2.45, 2.75) is 38.9 Å². The molecule has 0 unspecified atom stereocenters. The van der Waals surface area contributed by atoms with Gasteiger partial charge in [0.25, 0.3) is 0 Å². The van der Waals surface area contributed by atoms with Crippen LogP contribution in [0.3, 0.4) is 0 Å². The molecule has 2 heterocycles. The lowest BCUT2D eigenvalue weighted by atomic mass is 9.96. The van der Waals surface area contributed by atoms with Crippen LogP contribution in [0.1, 0.15) is 37.3 Å². The van der Waals surface area contributed by atoms with Crippen LogP contribution in [0.25, 0.3) is 16.9 Å². The Bertz CT molecular complexity index is 1050. The smallest absolute Gasteiger partial charge is 0.312 e. The number of hydrogen-bond acceptors (Lipinski definition) is 3. The predicted molar refractivity (Wildman–Crippen MR) is 130 cm³/mol. The van der Waals surface area contributed by atoms with E-state index in [0.29, 0.717) is 23.2 Å². The van der Waals surface area contributed by atoms with E-state index in [1.165, 1.54) is 37.9 Å². The van der Waals surface area contributed by atoms with Gasteiger partial charge in [-0.15, -0.1) is 0 Å². The molecular formula is C26H30ClF3N4. The van der Waals surface area contributed by atoms with Gasteiger partial charge in [-0.2, -0.15) is 18.3 Å².